The smallest absolute Gasteiger partial charge is 0.259 e. The van der Waals surface area contributed by atoms with Gasteiger partial charge in [-0.25, -0.2) is 0 Å². The predicted octanol–water partition coefficient (Wildman–Crippen LogP) is 2.53. The zero-order valence-electron chi connectivity index (χ0n) is 20.0. The number of carbonyl (C=O) groups is 2. The normalized spacial score (nSPS) is 17.5. The molecule has 2 amide bonds. The third-order valence-electron chi connectivity index (χ3n) is 6.90. The maximum absolute atomic E-state index is 13.4. The average Bonchev–Trinajstić information content (AvgIpc) is 2.86. The molecule has 3 heterocycles. The molecule has 1 aliphatic carbocycles. The molecule has 2 aliphatic rings. The van der Waals surface area contributed by atoms with Gasteiger partial charge in [-0.1, -0.05) is 19.3 Å². The second kappa shape index (κ2) is 11.4. The molecule has 0 bridgehead atoms. The van der Waals surface area contributed by atoms with Crippen LogP contribution in [0.1, 0.15) is 65.3 Å². The molecule has 0 unspecified atom stereocenters. The van der Waals surface area contributed by atoms with E-state index in [1.165, 1.54) is 24.8 Å². The highest BCUT2D eigenvalue weighted by Gasteiger charge is 2.27. The number of nitrogens with one attached hydrogen (secondary N) is 1. The second-order valence-corrected chi connectivity index (χ2v) is 9.40. The van der Waals surface area contributed by atoms with E-state index in [1.807, 2.05) is 23.6 Å². The number of hydrogen-bond donors (Lipinski definition) is 1. The van der Waals surface area contributed by atoms with Crippen molar-refractivity contribution >= 4 is 11.8 Å². The van der Waals surface area contributed by atoms with Gasteiger partial charge in [-0.2, -0.15) is 0 Å². The van der Waals surface area contributed by atoms with Gasteiger partial charge in [0.15, 0.2) is 0 Å². The fraction of sp³-hybridized carbons (Fsp3) is 0.538. The first-order valence-corrected chi connectivity index (χ1v) is 12.5. The van der Waals surface area contributed by atoms with Crippen molar-refractivity contribution in [2.45, 2.75) is 52.1 Å². The van der Waals surface area contributed by atoms with Gasteiger partial charge >= 0.3 is 0 Å². The molecule has 0 spiro atoms. The summed E-state index contributed by atoms with van der Waals surface area (Å²) in [6.45, 7) is 6.37. The van der Waals surface area contributed by atoms with Crippen molar-refractivity contribution in [3.63, 3.8) is 0 Å². The van der Waals surface area contributed by atoms with E-state index in [-0.39, 0.29) is 17.0 Å². The average molecular weight is 466 g/mol. The Bertz CT molecular complexity index is 1040. The minimum absolute atomic E-state index is 0.0554. The number of hydrogen-bond acceptors (Lipinski definition) is 5. The van der Waals surface area contributed by atoms with E-state index in [2.05, 4.69) is 15.2 Å². The van der Waals surface area contributed by atoms with Crippen molar-refractivity contribution in [2.24, 2.45) is 5.92 Å². The molecular formula is C26H35N5O3. The van der Waals surface area contributed by atoms with E-state index in [9.17, 15) is 14.4 Å². The van der Waals surface area contributed by atoms with Gasteiger partial charge in [0.05, 0.1) is 0 Å². The van der Waals surface area contributed by atoms with E-state index < -0.39 is 11.3 Å². The molecule has 1 aliphatic heterocycles. The lowest BCUT2D eigenvalue weighted by atomic mass is 9.89. The Morgan fingerprint density at radius 2 is 1.68 bits per heavy atom. The van der Waals surface area contributed by atoms with Crippen LogP contribution in [0.5, 0.6) is 0 Å². The lowest BCUT2D eigenvalue weighted by molar-refractivity contribution is 0.0626. The summed E-state index contributed by atoms with van der Waals surface area (Å²) in [5.41, 5.74) is 0.868. The topological polar surface area (TPSA) is 87.5 Å². The van der Waals surface area contributed by atoms with Crippen molar-refractivity contribution in [3.05, 3.63) is 63.8 Å². The highest BCUT2D eigenvalue weighted by atomic mass is 16.2. The van der Waals surface area contributed by atoms with Crippen LogP contribution in [-0.2, 0) is 13.1 Å². The fourth-order valence-electron chi connectivity index (χ4n) is 5.00. The van der Waals surface area contributed by atoms with Gasteiger partial charge in [0.25, 0.3) is 11.8 Å². The quantitative estimate of drug-likeness (QED) is 0.679. The number of carbonyl (C=O) groups excluding carboxylic acids is 2. The van der Waals surface area contributed by atoms with Gasteiger partial charge in [-0.05, 0) is 43.4 Å². The highest BCUT2D eigenvalue weighted by Crippen LogP contribution is 2.25. The molecule has 2 fully saturated rings. The summed E-state index contributed by atoms with van der Waals surface area (Å²) in [7, 11) is 0. The minimum Gasteiger partial charge on any atom is -0.352 e. The van der Waals surface area contributed by atoms with Crippen LogP contribution >= 0.6 is 0 Å². The maximum atomic E-state index is 13.4. The molecule has 2 aromatic rings. The molecule has 8 nitrogen and oxygen atoms in total. The lowest BCUT2D eigenvalue weighted by Crippen LogP contribution is -2.49. The van der Waals surface area contributed by atoms with Crippen LogP contribution in [0.2, 0.25) is 0 Å². The van der Waals surface area contributed by atoms with Crippen LogP contribution in [0.3, 0.4) is 0 Å². The first kappa shape index (κ1) is 24.1. The summed E-state index contributed by atoms with van der Waals surface area (Å²) in [6, 6.07) is 4.00. The Balaban J connectivity index is 1.50. The summed E-state index contributed by atoms with van der Waals surface area (Å²) in [6.07, 6.45) is 12.9. The number of nitrogens with zero attached hydrogens (tertiary/aromatic N) is 4. The molecule has 0 aromatic carbocycles. The van der Waals surface area contributed by atoms with Crippen LogP contribution in [-0.4, -0.2) is 63.9 Å². The molecule has 1 N–H and O–H groups in total. The SMILES string of the molecule is CCNC(=O)c1cn(CC2CCCCC2)cc(C(=O)N2CCN(Cc3ccncc3)CC2)c1=O. The Labute approximate surface area is 201 Å². The Morgan fingerprint density at radius 3 is 2.35 bits per heavy atom. The van der Waals surface area contributed by atoms with E-state index in [1.54, 1.807) is 29.7 Å². The van der Waals surface area contributed by atoms with Crippen molar-refractivity contribution < 1.29 is 9.59 Å². The third kappa shape index (κ3) is 5.91. The third-order valence-corrected chi connectivity index (χ3v) is 6.90. The van der Waals surface area contributed by atoms with Gasteiger partial charge in [0, 0.05) is 70.6 Å². The Hall–Kier alpha value is -3.00. The first-order valence-electron chi connectivity index (χ1n) is 12.5. The van der Waals surface area contributed by atoms with E-state index in [0.29, 0.717) is 25.6 Å². The molecular weight excluding hydrogens is 430 g/mol. The number of aromatic nitrogens is 2. The maximum Gasteiger partial charge on any atom is 0.259 e. The van der Waals surface area contributed by atoms with Crippen molar-refractivity contribution in [1.82, 2.24) is 24.7 Å². The second-order valence-electron chi connectivity index (χ2n) is 9.40. The number of piperazine rings is 1. The zero-order chi connectivity index (χ0) is 23.9. The van der Waals surface area contributed by atoms with E-state index >= 15 is 0 Å². The van der Waals surface area contributed by atoms with Gasteiger partial charge in [0.2, 0.25) is 5.43 Å². The molecule has 1 saturated carbocycles. The number of amides is 2. The summed E-state index contributed by atoms with van der Waals surface area (Å²) in [5.74, 6) is -0.183. The largest absolute Gasteiger partial charge is 0.352 e. The van der Waals surface area contributed by atoms with Crippen LogP contribution in [0.4, 0.5) is 0 Å². The standard InChI is InChI=1S/C26H35N5O3/c1-2-28-25(33)22-18-30(17-20-6-4-3-5-7-20)19-23(24(22)32)26(34)31-14-12-29(13-15-31)16-21-8-10-27-11-9-21/h8-11,18-20H,2-7,12-17H2,1H3,(H,28,33). The van der Waals surface area contributed by atoms with Crippen molar-refractivity contribution in [2.75, 3.05) is 32.7 Å². The monoisotopic (exact) mass is 465 g/mol. The van der Waals surface area contributed by atoms with Crippen LogP contribution in [0, 0.1) is 5.92 Å². The first-order chi connectivity index (χ1) is 16.5. The summed E-state index contributed by atoms with van der Waals surface area (Å²) in [5, 5.41) is 2.72. The van der Waals surface area contributed by atoms with Crippen LogP contribution in [0.15, 0.2) is 41.7 Å². The minimum atomic E-state index is -0.477. The highest BCUT2D eigenvalue weighted by molar-refractivity contribution is 5.99. The van der Waals surface area contributed by atoms with Gasteiger partial charge in [-0.15, -0.1) is 0 Å². The van der Waals surface area contributed by atoms with Crippen LogP contribution < -0.4 is 10.7 Å². The number of rotatable bonds is 7. The van der Waals surface area contributed by atoms with E-state index in [0.717, 1.165) is 39.0 Å². The fourth-order valence-corrected chi connectivity index (χ4v) is 5.00. The van der Waals surface area contributed by atoms with Crippen molar-refractivity contribution in [3.8, 4) is 0 Å². The molecule has 0 atom stereocenters. The Morgan fingerprint density at radius 1 is 1.00 bits per heavy atom. The summed E-state index contributed by atoms with van der Waals surface area (Å²) in [4.78, 5) is 47.3. The molecule has 2 aromatic heterocycles. The molecule has 4 rings (SSSR count). The molecule has 8 heteroatoms. The van der Waals surface area contributed by atoms with Gasteiger partial charge in [0.1, 0.15) is 11.1 Å². The van der Waals surface area contributed by atoms with Gasteiger partial charge in [-0.3, -0.25) is 24.3 Å². The summed E-state index contributed by atoms with van der Waals surface area (Å²) >= 11 is 0. The van der Waals surface area contributed by atoms with E-state index in [4.69, 9.17) is 0 Å². The molecule has 34 heavy (non-hydrogen) atoms. The zero-order valence-corrected chi connectivity index (χ0v) is 20.0. The van der Waals surface area contributed by atoms with Crippen LogP contribution in [0.25, 0.3) is 0 Å². The lowest BCUT2D eigenvalue weighted by Gasteiger charge is -2.34. The van der Waals surface area contributed by atoms with Crippen molar-refractivity contribution in [1.29, 1.82) is 0 Å². The molecule has 0 radical (unpaired) electrons. The molecule has 182 valence electrons. The Kier molecular flexibility index (Phi) is 8.11. The summed E-state index contributed by atoms with van der Waals surface area (Å²) < 4.78 is 1.90. The number of pyridine rings is 2. The molecule has 1 saturated heterocycles. The van der Waals surface area contributed by atoms with Gasteiger partial charge < -0.3 is 14.8 Å². The predicted molar refractivity (Wildman–Crippen MR) is 131 cm³/mol.